The minimum atomic E-state index is 0.656. The Labute approximate surface area is 123 Å². The van der Waals surface area contributed by atoms with Gasteiger partial charge in [-0.1, -0.05) is 36.4 Å². The van der Waals surface area contributed by atoms with Crippen molar-refractivity contribution in [3.8, 4) is 5.75 Å². The first-order valence-corrected chi connectivity index (χ1v) is 6.94. The average Bonchev–Trinajstić information content (AvgIpc) is 2.55. The first kappa shape index (κ1) is 13.4. The summed E-state index contributed by atoms with van der Waals surface area (Å²) in [4.78, 5) is 8.82. The number of benzene rings is 2. The lowest BCUT2D eigenvalue weighted by molar-refractivity contribution is 0.410. The van der Waals surface area contributed by atoms with Gasteiger partial charge in [-0.25, -0.2) is 9.97 Å². The molecular weight excluding hydrogens is 262 g/mol. The summed E-state index contributed by atoms with van der Waals surface area (Å²) >= 11 is 0. The van der Waals surface area contributed by atoms with Crippen LogP contribution in [0.2, 0.25) is 0 Å². The molecule has 0 spiro atoms. The van der Waals surface area contributed by atoms with Gasteiger partial charge in [0.25, 0.3) is 0 Å². The van der Waals surface area contributed by atoms with E-state index in [1.54, 1.807) is 7.11 Å². The van der Waals surface area contributed by atoms with Gasteiger partial charge in [0.2, 0.25) is 5.95 Å². The van der Waals surface area contributed by atoms with Crippen LogP contribution in [0.25, 0.3) is 10.9 Å². The number of hydrogen-bond acceptors (Lipinski definition) is 4. The van der Waals surface area contributed by atoms with E-state index >= 15 is 0 Å². The second kappa shape index (κ2) is 6.22. The zero-order valence-electron chi connectivity index (χ0n) is 11.9. The van der Waals surface area contributed by atoms with E-state index in [0.717, 1.165) is 29.6 Å². The first-order chi connectivity index (χ1) is 10.4. The Bertz CT molecular complexity index is 743. The van der Waals surface area contributed by atoms with Crippen molar-refractivity contribution >= 4 is 16.9 Å². The lowest BCUT2D eigenvalue weighted by Crippen LogP contribution is -2.08. The highest BCUT2D eigenvalue weighted by Crippen LogP contribution is 2.18. The van der Waals surface area contributed by atoms with E-state index in [1.807, 2.05) is 48.7 Å². The molecule has 0 saturated carbocycles. The van der Waals surface area contributed by atoms with Crippen LogP contribution in [-0.4, -0.2) is 23.6 Å². The Hall–Kier alpha value is -2.62. The number of hydrogen-bond donors (Lipinski definition) is 1. The highest BCUT2D eigenvalue weighted by Gasteiger charge is 2.02. The van der Waals surface area contributed by atoms with Crippen LogP contribution in [0.15, 0.2) is 54.7 Å². The van der Waals surface area contributed by atoms with E-state index in [1.165, 1.54) is 5.56 Å². The van der Waals surface area contributed by atoms with Crippen LogP contribution in [0.3, 0.4) is 0 Å². The Morgan fingerprint density at radius 2 is 1.86 bits per heavy atom. The van der Waals surface area contributed by atoms with Crippen LogP contribution in [0.4, 0.5) is 5.95 Å². The van der Waals surface area contributed by atoms with Crippen LogP contribution >= 0.6 is 0 Å². The van der Waals surface area contributed by atoms with E-state index < -0.39 is 0 Å². The molecule has 3 aromatic rings. The molecule has 0 fully saturated rings. The second-order valence-electron chi connectivity index (χ2n) is 4.74. The molecule has 0 aliphatic carbocycles. The van der Waals surface area contributed by atoms with Crippen molar-refractivity contribution < 1.29 is 4.74 Å². The maximum Gasteiger partial charge on any atom is 0.223 e. The molecule has 0 saturated heterocycles. The third kappa shape index (κ3) is 3.11. The zero-order valence-corrected chi connectivity index (χ0v) is 11.9. The number of anilines is 1. The predicted octanol–water partition coefficient (Wildman–Crippen LogP) is 3.29. The molecule has 0 amide bonds. The van der Waals surface area contributed by atoms with E-state index in [9.17, 15) is 0 Å². The molecule has 0 aliphatic rings. The number of nitrogens with one attached hydrogen (secondary N) is 1. The van der Waals surface area contributed by atoms with Crippen molar-refractivity contribution in [2.75, 3.05) is 19.0 Å². The molecule has 106 valence electrons. The summed E-state index contributed by atoms with van der Waals surface area (Å²) < 4.78 is 5.35. The molecule has 0 aliphatic heterocycles. The van der Waals surface area contributed by atoms with Gasteiger partial charge in [-0.3, -0.25) is 0 Å². The third-order valence-electron chi connectivity index (χ3n) is 3.36. The number of rotatable bonds is 5. The Morgan fingerprint density at radius 3 is 2.76 bits per heavy atom. The van der Waals surface area contributed by atoms with Crippen molar-refractivity contribution in [2.45, 2.75) is 6.42 Å². The van der Waals surface area contributed by atoms with E-state index in [0.29, 0.717) is 5.95 Å². The number of aromatic nitrogens is 2. The molecule has 4 heteroatoms. The molecule has 0 bridgehead atoms. The highest BCUT2D eigenvalue weighted by molar-refractivity contribution is 5.78. The minimum Gasteiger partial charge on any atom is -0.496 e. The quantitative estimate of drug-likeness (QED) is 0.778. The monoisotopic (exact) mass is 279 g/mol. The van der Waals surface area contributed by atoms with Crippen LogP contribution in [0, 0.1) is 0 Å². The fraction of sp³-hybridized carbons (Fsp3) is 0.176. The standard InChI is InChI=1S/C17H17N3O/c1-21-16-9-5-3-6-13(16)10-11-18-17-19-12-14-7-2-4-8-15(14)20-17/h2-9,12H,10-11H2,1H3,(H,18,19,20). The van der Waals surface area contributed by atoms with Crippen LogP contribution in [0.5, 0.6) is 5.75 Å². The molecule has 1 N–H and O–H groups in total. The van der Waals surface area contributed by atoms with Gasteiger partial charge in [-0.15, -0.1) is 0 Å². The maximum absolute atomic E-state index is 5.35. The predicted molar refractivity (Wildman–Crippen MR) is 84.7 cm³/mol. The molecule has 1 aromatic heterocycles. The summed E-state index contributed by atoms with van der Waals surface area (Å²) in [6, 6.07) is 16.0. The van der Waals surface area contributed by atoms with E-state index in [4.69, 9.17) is 4.74 Å². The van der Waals surface area contributed by atoms with Crippen molar-refractivity contribution in [2.24, 2.45) is 0 Å². The molecule has 0 radical (unpaired) electrons. The number of fused-ring (bicyclic) bond motifs is 1. The number of nitrogens with zero attached hydrogens (tertiary/aromatic N) is 2. The smallest absolute Gasteiger partial charge is 0.223 e. The van der Waals surface area contributed by atoms with E-state index in [2.05, 4.69) is 21.4 Å². The third-order valence-corrected chi connectivity index (χ3v) is 3.36. The van der Waals surface area contributed by atoms with E-state index in [-0.39, 0.29) is 0 Å². The van der Waals surface area contributed by atoms with Gasteiger partial charge >= 0.3 is 0 Å². The van der Waals surface area contributed by atoms with Crippen LogP contribution in [-0.2, 0) is 6.42 Å². The van der Waals surface area contributed by atoms with Crippen molar-refractivity contribution in [1.29, 1.82) is 0 Å². The van der Waals surface area contributed by atoms with Gasteiger partial charge in [0.05, 0.1) is 12.6 Å². The Balaban J connectivity index is 1.66. The normalized spacial score (nSPS) is 10.5. The summed E-state index contributed by atoms with van der Waals surface area (Å²) in [7, 11) is 1.69. The van der Waals surface area contributed by atoms with Gasteiger partial charge in [0.1, 0.15) is 5.75 Å². The summed E-state index contributed by atoms with van der Waals surface area (Å²) in [5, 5.41) is 4.31. The summed E-state index contributed by atoms with van der Waals surface area (Å²) in [5.41, 5.74) is 2.13. The summed E-state index contributed by atoms with van der Waals surface area (Å²) in [5.74, 6) is 1.57. The lowest BCUT2D eigenvalue weighted by atomic mass is 10.1. The number of ether oxygens (including phenoxy) is 1. The molecule has 4 nitrogen and oxygen atoms in total. The molecule has 21 heavy (non-hydrogen) atoms. The van der Waals surface area contributed by atoms with Gasteiger partial charge in [-0.2, -0.15) is 0 Å². The van der Waals surface area contributed by atoms with Gasteiger partial charge in [-0.05, 0) is 24.1 Å². The van der Waals surface area contributed by atoms with Gasteiger partial charge in [0.15, 0.2) is 0 Å². The van der Waals surface area contributed by atoms with Crippen molar-refractivity contribution in [3.05, 3.63) is 60.3 Å². The summed E-state index contributed by atoms with van der Waals surface area (Å²) in [6.07, 6.45) is 2.70. The SMILES string of the molecule is COc1ccccc1CCNc1ncc2ccccc2n1. The van der Waals surface area contributed by atoms with Crippen molar-refractivity contribution in [1.82, 2.24) is 9.97 Å². The molecule has 1 heterocycles. The van der Waals surface area contributed by atoms with Gasteiger partial charge < -0.3 is 10.1 Å². The molecule has 2 aromatic carbocycles. The number of para-hydroxylation sites is 2. The maximum atomic E-state index is 5.35. The summed E-state index contributed by atoms with van der Waals surface area (Å²) in [6.45, 7) is 0.763. The topological polar surface area (TPSA) is 47.0 Å². The Kier molecular flexibility index (Phi) is 3.96. The minimum absolute atomic E-state index is 0.656. The Morgan fingerprint density at radius 1 is 1.05 bits per heavy atom. The first-order valence-electron chi connectivity index (χ1n) is 6.94. The fourth-order valence-electron chi connectivity index (χ4n) is 2.28. The highest BCUT2D eigenvalue weighted by atomic mass is 16.5. The average molecular weight is 279 g/mol. The lowest BCUT2D eigenvalue weighted by Gasteiger charge is -2.09. The number of methoxy groups -OCH3 is 1. The van der Waals surface area contributed by atoms with Crippen LogP contribution in [0.1, 0.15) is 5.56 Å². The van der Waals surface area contributed by atoms with Crippen molar-refractivity contribution in [3.63, 3.8) is 0 Å². The molecule has 3 rings (SSSR count). The van der Waals surface area contributed by atoms with Crippen LogP contribution < -0.4 is 10.1 Å². The molecule has 0 unspecified atom stereocenters. The molecular formula is C17H17N3O. The van der Waals surface area contributed by atoms with Gasteiger partial charge in [0, 0.05) is 18.1 Å². The molecule has 0 atom stereocenters. The zero-order chi connectivity index (χ0) is 14.5. The second-order valence-corrected chi connectivity index (χ2v) is 4.74. The largest absolute Gasteiger partial charge is 0.496 e. The fourth-order valence-corrected chi connectivity index (χ4v) is 2.28.